The van der Waals surface area contributed by atoms with Crippen molar-refractivity contribution in [3.8, 4) is 5.75 Å². The molecule has 0 radical (unpaired) electrons. The van der Waals surface area contributed by atoms with Crippen molar-refractivity contribution in [3.05, 3.63) is 70.1 Å². The van der Waals surface area contributed by atoms with E-state index in [1.165, 1.54) is 12.1 Å². The summed E-state index contributed by atoms with van der Waals surface area (Å²) in [5.41, 5.74) is 5.25. The van der Waals surface area contributed by atoms with E-state index in [0.717, 1.165) is 11.3 Å². The Morgan fingerprint density at radius 3 is 2.54 bits per heavy atom. The lowest BCUT2D eigenvalue weighted by atomic mass is 10.1. The Labute approximate surface area is 155 Å². The van der Waals surface area contributed by atoms with Crippen molar-refractivity contribution in [3.63, 3.8) is 0 Å². The molecule has 26 heavy (non-hydrogen) atoms. The standard InChI is InChI=1S/C19H17N3O3S/c1-11-3-7-14(8-4-11)20-19(26)22-21-12(2)17-15(23)9-5-13-6-10-16(24)25-18(13)17/h3-10,23H,1-2H3,(H2,20,22,26)/b21-12+. The second-order valence-corrected chi connectivity index (χ2v) is 6.17. The predicted octanol–water partition coefficient (Wildman–Crippen LogP) is 3.52. The summed E-state index contributed by atoms with van der Waals surface area (Å²) < 4.78 is 5.24. The van der Waals surface area contributed by atoms with Crippen LogP contribution in [-0.4, -0.2) is 15.9 Å². The molecule has 0 spiro atoms. The maximum Gasteiger partial charge on any atom is 0.336 e. The van der Waals surface area contributed by atoms with Crippen molar-refractivity contribution >= 4 is 39.7 Å². The van der Waals surface area contributed by atoms with Crippen molar-refractivity contribution in [2.24, 2.45) is 5.10 Å². The Morgan fingerprint density at radius 1 is 1.12 bits per heavy atom. The molecule has 0 amide bonds. The molecule has 132 valence electrons. The molecule has 6 nitrogen and oxygen atoms in total. The quantitative estimate of drug-likeness (QED) is 0.284. The van der Waals surface area contributed by atoms with Crippen molar-refractivity contribution < 1.29 is 9.52 Å². The minimum atomic E-state index is -0.498. The molecule has 1 heterocycles. The molecule has 1 aromatic heterocycles. The van der Waals surface area contributed by atoms with Gasteiger partial charge in [0.25, 0.3) is 0 Å². The van der Waals surface area contributed by atoms with Gasteiger partial charge in [0.05, 0.1) is 11.3 Å². The Balaban J connectivity index is 1.83. The zero-order chi connectivity index (χ0) is 18.7. The Morgan fingerprint density at radius 2 is 1.81 bits per heavy atom. The Kier molecular flexibility index (Phi) is 4.99. The molecule has 3 aromatic rings. The highest BCUT2D eigenvalue weighted by Crippen LogP contribution is 2.26. The van der Waals surface area contributed by atoms with Crippen LogP contribution in [0.2, 0.25) is 0 Å². The van der Waals surface area contributed by atoms with Crippen LogP contribution in [0.5, 0.6) is 5.75 Å². The van der Waals surface area contributed by atoms with Gasteiger partial charge in [-0.1, -0.05) is 17.7 Å². The highest BCUT2D eigenvalue weighted by molar-refractivity contribution is 7.80. The number of phenols is 1. The fourth-order valence-electron chi connectivity index (χ4n) is 2.46. The number of aromatic hydroxyl groups is 1. The molecule has 0 saturated carbocycles. The molecule has 0 aliphatic rings. The highest BCUT2D eigenvalue weighted by atomic mass is 32.1. The summed E-state index contributed by atoms with van der Waals surface area (Å²) >= 11 is 5.22. The molecule has 0 saturated heterocycles. The van der Waals surface area contributed by atoms with E-state index in [1.807, 2.05) is 31.2 Å². The van der Waals surface area contributed by atoms with Gasteiger partial charge in [-0.3, -0.25) is 5.43 Å². The monoisotopic (exact) mass is 367 g/mol. The summed E-state index contributed by atoms with van der Waals surface area (Å²) in [6.45, 7) is 3.69. The SMILES string of the molecule is C/C(=N\NC(=S)Nc1ccc(C)cc1)c1c(O)ccc2ccc(=O)oc12. The third-order valence-electron chi connectivity index (χ3n) is 3.76. The second-order valence-electron chi connectivity index (χ2n) is 5.76. The van der Waals surface area contributed by atoms with E-state index in [1.54, 1.807) is 19.1 Å². The number of rotatable bonds is 3. The third kappa shape index (κ3) is 3.89. The minimum absolute atomic E-state index is 0.0349. The summed E-state index contributed by atoms with van der Waals surface area (Å²) in [5, 5.41) is 18.4. The van der Waals surface area contributed by atoms with Gasteiger partial charge in [-0.05, 0) is 56.4 Å². The average molecular weight is 367 g/mol. The maximum absolute atomic E-state index is 11.5. The number of phenolic OH excluding ortho intramolecular Hbond substituents is 1. The molecule has 0 bridgehead atoms. The summed E-state index contributed by atoms with van der Waals surface area (Å²) in [6.07, 6.45) is 0. The van der Waals surface area contributed by atoms with Gasteiger partial charge in [-0.2, -0.15) is 5.10 Å². The Hall–Kier alpha value is -3.19. The number of anilines is 1. The molecule has 2 aromatic carbocycles. The topological polar surface area (TPSA) is 86.9 Å². The van der Waals surface area contributed by atoms with Gasteiger partial charge in [0.1, 0.15) is 5.75 Å². The number of hydrogen-bond donors (Lipinski definition) is 3. The van der Waals surface area contributed by atoms with E-state index in [0.29, 0.717) is 21.8 Å². The van der Waals surface area contributed by atoms with Crippen LogP contribution < -0.4 is 16.4 Å². The molecular weight excluding hydrogens is 350 g/mol. The first-order chi connectivity index (χ1) is 12.4. The zero-order valence-electron chi connectivity index (χ0n) is 14.2. The molecule has 0 atom stereocenters. The first-order valence-corrected chi connectivity index (χ1v) is 8.29. The number of benzene rings is 2. The van der Waals surface area contributed by atoms with Crippen LogP contribution in [0.4, 0.5) is 5.69 Å². The van der Waals surface area contributed by atoms with Crippen LogP contribution in [0, 0.1) is 6.92 Å². The molecule has 0 unspecified atom stereocenters. The molecule has 3 rings (SSSR count). The number of hydrazone groups is 1. The zero-order valence-corrected chi connectivity index (χ0v) is 15.1. The largest absolute Gasteiger partial charge is 0.507 e. The van der Waals surface area contributed by atoms with Crippen molar-refractivity contribution in [1.29, 1.82) is 0 Å². The van der Waals surface area contributed by atoms with E-state index < -0.39 is 5.63 Å². The van der Waals surface area contributed by atoms with Crippen LogP contribution in [0.3, 0.4) is 0 Å². The van der Waals surface area contributed by atoms with Gasteiger partial charge in [-0.15, -0.1) is 0 Å². The van der Waals surface area contributed by atoms with Crippen LogP contribution in [0.1, 0.15) is 18.1 Å². The summed E-state index contributed by atoms with van der Waals surface area (Å²) in [4.78, 5) is 11.5. The Bertz CT molecular complexity index is 1060. The molecule has 7 heteroatoms. The number of thiocarbonyl (C=S) groups is 1. The van der Waals surface area contributed by atoms with E-state index in [9.17, 15) is 9.90 Å². The molecular formula is C19H17N3O3S. The average Bonchev–Trinajstić information content (AvgIpc) is 2.61. The molecule has 0 fully saturated rings. The van der Waals surface area contributed by atoms with Gasteiger partial charge in [-0.25, -0.2) is 4.79 Å². The molecule has 3 N–H and O–H groups in total. The van der Waals surface area contributed by atoms with Gasteiger partial charge in [0.15, 0.2) is 10.7 Å². The number of aryl methyl sites for hydroxylation is 1. The predicted molar refractivity (Wildman–Crippen MR) is 107 cm³/mol. The second kappa shape index (κ2) is 7.37. The summed E-state index contributed by atoms with van der Waals surface area (Å²) in [7, 11) is 0. The van der Waals surface area contributed by atoms with Gasteiger partial charge in [0, 0.05) is 17.1 Å². The van der Waals surface area contributed by atoms with Crippen LogP contribution in [0.25, 0.3) is 11.0 Å². The lowest BCUT2D eigenvalue weighted by Gasteiger charge is -2.10. The lowest BCUT2D eigenvalue weighted by Crippen LogP contribution is -2.25. The minimum Gasteiger partial charge on any atom is -0.507 e. The fourth-order valence-corrected chi connectivity index (χ4v) is 2.62. The van der Waals surface area contributed by atoms with E-state index >= 15 is 0 Å². The number of nitrogens with one attached hydrogen (secondary N) is 2. The summed E-state index contributed by atoms with van der Waals surface area (Å²) in [6, 6.07) is 13.9. The normalized spacial score (nSPS) is 11.4. The summed E-state index contributed by atoms with van der Waals surface area (Å²) in [5.74, 6) is -0.0349. The molecule has 0 aliphatic carbocycles. The first kappa shape index (κ1) is 17.6. The highest BCUT2D eigenvalue weighted by Gasteiger charge is 2.13. The van der Waals surface area contributed by atoms with Gasteiger partial charge in [0.2, 0.25) is 0 Å². The fraction of sp³-hybridized carbons (Fsp3) is 0.105. The van der Waals surface area contributed by atoms with Crippen LogP contribution in [0.15, 0.2) is 62.8 Å². The number of nitrogens with zero attached hydrogens (tertiary/aromatic N) is 1. The number of hydrogen-bond acceptors (Lipinski definition) is 5. The molecule has 0 aliphatic heterocycles. The van der Waals surface area contributed by atoms with Crippen molar-refractivity contribution in [2.45, 2.75) is 13.8 Å². The van der Waals surface area contributed by atoms with Gasteiger partial charge >= 0.3 is 5.63 Å². The van der Waals surface area contributed by atoms with E-state index in [4.69, 9.17) is 16.6 Å². The van der Waals surface area contributed by atoms with Crippen LogP contribution in [-0.2, 0) is 0 Å². The number of fused-ring (bicyclic) bond motifs is 1. The smallest absolute Gasteiger partial charge is 0.336 e. The van der Waals surface area contributed by atoms with Crippen molar-refractivity contribution in [2.75, 3.05) is 5.32 Å². The van der Waals surface area contributed by atoms with E-state index in [-0.39, 0.29) is 11.3 Å². The van der Waals surface area contributed by atoms with E-state index in [2.05, 4.69) is 15.8 Å². The van der Waals surface area contributed by atoms with Gasteiger partial charge < -0.3 is 14.8 Å². The third-order valence-corrected chi connectivity index (χ3v) is 3.96. The first-order valence-electron chi connectivity index (χ1n) is 7.88. The maximum atomic E-state index is 11.5. The van der Waals surface area contributed by atoms with Crippen LogP contribution >= 0.6 is 12.2 Å². The van der Waals surface area contributed by atoms with Crippen molar-refractivity contribution in [1.82, 2.24) is 5.43 Å². The lowest BCUT2D eigenvalue weighted by molar-refractivity contribution is 0.471.